The summed E-state index contributed by atoms with van der Waals surface area (Å²) in [6.07, 6.45) is 11.1. The van der Waals surface area contributed by atoms with Gasteiger partial charge < -0.3 is 5.11 Å². The van der Waals surface area contributed by atoms with Crippen molar-refractivity contribution in [3.05, 3.63) is 0 Å². The number of hydrogen-bond acceptors (Lipinski definition) is 1. The van der Waals surface area contributed by atoms with Gasteiger partial charge in [0.2, 0.25) is 0 Å². The molecule has 1 heteroatoms. The summed E-state index contributed by atoms with van der Waals surface area (Å²) in [5, 5.41) is 11.2. The third-order valence-electron chi connectivity index (χ3n) is 6.01. The molecule has 0 saturated heterocycles. The predicted molar refractivity (Wildman–Crippen MR) is 64.0 cm³/mol. The Hall–Kier alpha value is -0.0400. The number of rotatable bonds is 5. The number of hydrogen-bond donors (Lipinski definition) is 1. The summed E-state index contributed by atoms with van der Waals surface area (Å²) < 4.78 is 0. The van der Waals surface area contributed by atoms with Gasteiger partial charge in [-0.2, -0.15) is 0 Å². The van der Waals surface area contributed by atoms with Crippen LogP contribution in [0.1, 0.15) is 58.3 Å². The minimum atomic E-state index is -0.323. The van der Waals surface area contributed by atoms with Crippen LogP contribution >= 0.6 is 0 Å². The Kier molecular flexibility index (Phi) is 1.77. The lowest BCUT2D eigenvalue weighted by molar-refractivity contribution is -0.128. The molecule has 1 atom stereocenters. The Bertz CT molecular complexity index is 272. The maximum Gasteiger partial charge on any atom is 0.0711 e. The first-order valence-corrected chi connectivity index (χ1v) is 7.39. The van der Waals surface area contributed by atoms with Crippen LogP contribution in [0.15, 0.2) is 0 Å². The second kappa shape index (κ2) is 2.85. The van der Waals surface area contributed by atoms with Crippen molar-refractivity contribution in [3.63, 3.8) is 0 Å². The van der Waals surface area contributed by atoms with Gasteiger partial charge >= 0.3 is 0 Å². The van der Waals surface area contributed by atoms with E-state index in [4.69, 9.17) is 0 Å². The Morgan fingerprint density at radius 1 is 0.688 bits per heavy atom. The topological polar surface area (TPSA) is 20.2 Å². The SMILES string of the molecule is CC(O)(C1CC1)C(C1CC1)(C1CC1)C1CC1. The summed E-state index contributed by atoms with van der Waals surface area (Å²) in [5.41, 5.74) is 0.0463. The molecule has 4 fully saturated rings. The van der Waals surface area contributed by atoms with Crippen molar-refractivity contribution in [1.29, 1.82) is 0 Å². The number of aliphatic hydroxyl groups is 1. The molecule has 0 heterocycles. The van der Waals surface area contributed by atoms with Crippen LogP contribution in [-0.2, 0) is 0 Å². The van der Waals surface area contributed by atoms with Crippen molar-refractivity contribution in [1.82, 2.24) is 0 Å². The third-order valence-corrected chi connectivity index (χ3v) is 6.01. The summed E-state index contributed by atoms with van der Waals surface area (Å²) in [4.78, 5) is 0. The van der Waals surface area contributed by atoms with Crippen molar-refractivity contribution < 1.29 is 5.11 Å². The summed E-state index contributed by atoms with van der Waals surface area (Å²) in [7, 11) is 0. The van der Waals surface area contributed by atoms with Gasteiger partial charge in [-0.15, -0.1) is 0 Å². The molecule has 0 bridgehead atoms. The molecule has 4 aliphatic carbocycles. The Morgan fingerprint density at radius 2 is 1.00 bits per heavy atom. The van der Waals surface area contributed by atoms with Crippen LogP contribution in [-0.4, -0.2) is 10.7 Å². The minimum Gasteiger partial charge on any atom is -0.389 e. The van der Waals surface area contributed by atoms with Crippen molar-refractivity contribution in [2.75, 3.05) is 0 Å². The highest BCUT2D eigenvalue weighted by molar-refractivity contribution is 5.19. The molecule has 0 amide bonds. The van der Waals surface area contributed by atoms with Gasteiger partial charge in [0, 0.05) is 5.41 Å². The minimum absolute atomic E-state index is 0.323. The Morgan fingerprint density at radius 3 is 1.25 bits per heavy atom. The average Bonchev–Trinajstić information content (AvgIpc) is 2.98. The van der Waals surface area contributed by atoms with Crippen LogP contribution in [0.25, 0.3) is 0 Å². The van der Waals surface area contributed by atoms with E-state index in [-0.39, 0.29) is 5.60 Å². The van der Waals surface area contributed by atoms with Crippen LogP contribution in [0.4, 0.5) is 0 Å². The molecule has 16 heavy (non-hydrogen) atoms. The van der Waals surface area contributed by atoms with E-state index in [1.807, 2.05) is 0 Å². The fourth-order valence-corrected chi connectivity index (χ4v) is 4.92. The van der Waals surface area contributed by atoms with Crippen LogP contribution in [0.3, 0.4) is 0 Å². The molecule has 0 spiro atoms. The van der Waals surface area contributed by atoms with E-state index in [9.17, 15) is 5.11 Å². The summed E-state index contributed by atoms with van der Waals surface area (Å²) in [6.45, 7) is 2.21. The highest BCUT2D eigenvalue weighted by atomic mass is 16.3. The smallest absolute Gasteiger partial charge is 0.0711 e. The van der Waals surface area contributed by atoms with Gasteiger partial charge in [-0.1, -0.05) is 0 Å². The van der Waals surface area contributed by atoms with Gasteiger partial charge in [0.25, 0.3) is 0 Å². The quantitative estimate of drug-likeness (QED) is 0.753. The molecule has 1 nitrogen and oxygen atoms in total. The molecule has 0 aromatic carbocycles. The van der Waals surface area contributed by atoms with Crippen LogP contribution < -0.4 is 0 Å². The van der Waals surface area contributed by atoms with Gasteiger partial charge in [-0.25, -0.2) is 0 Å². The Labute approximate surface area is 98.6 Å². The summed E-state index contributed by atoms with van der Waals surface area (Å²) in [5.74, 6) is 3.32. The van der Waals surface area contributed by atoms with Crippen molar-refractivity contribution >= 4 is 0 Å². The second-order valence-electron chi connectivity index (χ2n) is 7.18. The zero-order valence-corrected chi connectivity index (χ0v) is 10.4. The molecule has 0 radical (unpaired) electrons. The van der Waals surface area contributed by atoms with Crippen LogP contribution in [0.5, 0.6) is 0 Å². The second-order valence-corrected chi connectivity index (χ2v) is 7.18. The molecule has 4 aliphatic rings. The van der Waals surface area contributed by atoms with Crippen LogP contribution in [0.2, 0.25) is 0 Å². The molecule has 4 saturated carbocycles. The highest BCUT2D eigenvalue weighted by Gasteiger charge is 2.70. The molecule has 1 N–H and O–H groups in total. The molecule has 1 unspecified atom stereocenters. The van der Waals surface area contributed by atoms with Crippen molar-refractivity contribution in [3.8, 4) is 0 Å². The third kappa shape index (κ3) is 1.16. The fraction of sp³-hybridized carbons (Fsp3) is 1.00. The van der Waals surface area contributed by atoms with E-state index >= 15 is 0 Å². The summed E-state index contributed by atoms with van der Waals surface area (Å²) in [6, 6.07) is 0. The van der Waals surface area contributed by atoms with Crippen molar-refractivity contribution in [2.24, 2.45) is 29.1 Å². The van der Waals surface area contributed by atoms with Gasteiger partial charge in [-0.05, 0) is 82.0 Å². The van der Waals surface area contributed by atoms with E-state index in [1.165, 1.54) is 51.4 Å². The Balaban J connectivity index is 1.75. The van der Waals surface area contributed by atoms with Crippen LogP contribution in [0, 0.1) is 29.1 Å². The molecule has 0 aromatic rings. The average molecular weight is 220 g/mol. The van der Waals surface area contributed by atoms with E-state index in [0.717, 1.165) is 17.8 Å². The molecule has 4 rings (SSSR count). The van der Waals surface area contributed by atoms with E-state index in [0.29, 0.717) is 11.3 Å². The maximum absolute atomic E-state index is 11.2. The lowest BCUT2D eigenvalue weighted by Gasteiger charge is -2.48. The molecular weight excluding hydrogens is 196 g/mol. The first-order valence-electron chi connectivity index (χ1n) is 7.39. The maximum atomic E-state index is 11.2. The molecular formula is C15H24O. The van der Waals surface area contributed by atoms with E-state index in [2.05, 4.69) is 6.92 Å². The first kappa shape index (κ1) is 9.94. The predicted octanol–water partition coefficient (Wildman–Crippen LogP) is 3.36. The van der Waals surface area contributed by atoms with Gasteiger partial charge in [-0.3, -0.25) is 0 Å². The molecule has 0 aromatic heterocycles. The van der Waals surface area contributed by atoms with Gasteiger partial charge in [0.15, 0.2) is 0 Å². The fourth-order valence-electron chi connectivity index (χ4n) is 4.92. The zero-order valence-electron chi connectivity index (χ0n) is 10.4. The first-order chi connectivity index (χ1) is 7.67. The van der Waals surface area contributed by atoms with E-state index in [1.54, 1.807) is 0 Å². The monoisotopic (exact) mass is 220 g/mol. The standard InChI is InChI=1S/C15H24O/c1-14(16,10-2-3-10)15(11-4-5-11,12-6-7-12)13-8-9-13/h10-13,16H,2-9H2,1H3. The van der Waals surface area contributed by atoms with E-state index < -0.39 is 0 Å². The van der Waals surface area contributed by atoms with Crippen molar-refractivity contribution in [2.45, 2.75) is 63.9 Å². The normalized spacial score (nSPS) is 34.9. The lowest BCUT2D eigenvalue weighted by atomic mass is 9.60. The highest BCUT2D eigenvalue weighted by Crippen LogP contribution is 2.73. The van der Waals surface area contributed by atoms with Gasteiger partial charge in [0.05, 0.1) is 5.60 Å². The largest absolute Gasteiger partial charge is 0.389 e. The molecule has 0 aliphatic heterocycles. The van der Waals surface area contributed by atoms with Gasteiger partial charge in [0.1, 0.15) is 0 Å². The summed E-state index contributed by atoms with van der Waals surface area (Å²) >= 11 is 0. The lowest BCUT2D eigenvalue weighted by Crippen LogP contribution is -2.52. The molecule has 90 valence electrons. The zero-order chi connectivity index (χ0) is 11.0.